The summed E-state index contributed by atoms with van der Waals surface area (Å²) < 4.78 is 1.10. The zero-order valence-corrected chi connectivity index (χ0v) is 19.7. The van der Waals surface area contributed by atoms with E-state index < -0.39 is 0 Å². The van der Waals surface area contributed by atoms with Gasteiger partial charge in [0.15, 0.2) is 5.96 Å². The van der Waals surface area contributed by atoms with E-state index in [2.05, 4.69) is 80.2 Å². The third-order valence-corrected chi connectivity index (χ3v) is 5.79. The summed E-state index contributed by atoms with van der Waals surface area (Å²) in [6, 6.07) is 13.2. The molecule has 1 aliphatic heterocycles. The van der Waals surface area contributed by atoms with E-state index in [-0.39, 0.29) is 24.0 Å². The fraction of sp³-hybridized carbons (Fsp3) is 0.421. The van der Waals surface area contributed by atoms with Crippen LogP contribution in [0.3, 0.4) is 0 Å². The van der Waals surface area contributed by atoms with Crippen molar-refractivity contribution in [2.24, 2.45) is 4.99 Å². The molecule has 2 N–H and O–H groups in total. The van der Waals surface area contributed by atoms with Gasteiger partial charge in [-0.3, -0.25) is 0 Å². The second-order valence-electron chi connectivity index (χ2n) is 6.18. The van der Waals surface area contributed by atoms with Crippen molar-refractivity contribution in [2.75, 3.05) is 24.5 Å². The Bertz CT molecular complexity index is 667. The smallest absolute Gasteiger partial charge is 0.191 e. The maximum absolute atomic E-state index is 4.74. The zero-order valence-electron chi connectivity index (χ0n) is 15.0. The normalized spacial score (nSPS) is 15.5. The van der Waals surface area contributed by atoms with Crippen LogP contribution in [-0.2, 0) is 6.54 Å². The molecule has 1 saturated heterocycles. The number of benzene rings is 1. The van der Waals surface area contributed by atoms with Crippen molar-refractivity contribution in [3.05, 3.63) is 51.8 Å². The lowest BCUT2D eigenvalue weighted by molar-refractivity contribution is 0.463. The first-order valence-corrected chi connectivity index (χ1v) is 10.5. The van der Waals surface area contributed by atoms with Gasteiger partial charge in [-0.2, -0.15) is 0 Å². The largest absolute Gasteiger partial charge is 0.363 e. The van der Waals surface area contributed by atoms with Crippen LogP contribution < -0.4 is 15.5 Å². The van der Waals surface area contributed by atoms with Crippen LogP contribution in [0.2, 0.25) is 0 Å². The highest BCUT2D eigenvalue weighted by Gasteiger charge is 2.20. The second kappa shape index (κ2) is 11.1. The third-order valence-electron chi connectivity index (χ3n) is 4.33. The Morgan fingerprint density at radius 2 is 1.96 bits per heavy atom. The van der Waals surface area contributed by atoms with Crippen LogP contribution in [0.1, 0.15) is 25.3 Å². The van der Waals surface area contributed by atoms with Gasteiger partial charge in [0, 0.05) is 30.1 Å². The van der Waals surface area contributed by atoms with Crippen molar-refractivity contribution in [2.45, 2.75) is 32.4 Å². The molecule has 2 aromatic rings. The minimum atomic E-state index is 0. The van der Waals surface area contributed by atoms with E-state index in [1.165, 1.54) is 10.6 Å². The average molecular weight is 549 g/mol. The Morgan fingerprint density at radius 1 is 1.23 bits per heavy atom. The number of piperidine rings is 1. The standard InChI is InChI=1S/C19H25BrN4S.HI/c1-2-21-19(22-14-15-5-7-16(20)8-6-15)23-17-9-11-24(12-10-17)18-4-3-13-25-18;/h3-8,13,17H,2,9-12,14H2,1H3,(H2,21,22,23);1H. The van der Waals surface area contributed by atoms with E-state index >= 15 is 0 Å². The zero-order chi connectivity index (χ0) is 17.5. The molecule has 0 unspecified atom stereocenters. The molecular weight excluding hydrogens is 523 g/mol. The van der Waals surface area contributed by atoms with Gasteiger partial charge in [0.25, 0.3) is 0 Å². The van der Waals surface area contributed by atoms with E-state index in [9.17, 15) is 0 Å². The fourth-order valence-corrected chi connectivity index (χ4v) is 4.02. The second-order valence-corrected chi connectivity index (χ2v) is 8.02. The molecule has 0 amide bonds. The van der Waals surface area contributed by atoms with Gasteiger partial charge in [0.1, 0.15) is 0 Å². The first-order valence-electron chi connectivity index (χ1n) is 8.82. The highest BCUT2D eigenvalue weighted by molar-refractivity contribution is 14.0. The van der Waals surface area contributed by atoms with Crippen molar-refractivity contribution in [1.82, 2.24) is 10.6 Å². The molecule has 142 valence electrons. The van der Waals surface area contributed by atoms with Crippen molar-refractivity contribution >= 4 is 62.2 Å². The van der Waals surface area contributed by atoms with Gasteiger partial charge in [0.05, 0.1) is 11.5 Å². The van der Waals surface area contributed by atoms with E-state index in [0.29, 0.717) is 12.6 Å². The Labute approximate surface area is 185 Å². The summed E-state index contributed by atoms with van der Waals surface area (Å²) in [7, 11) is 0. The highest BCUT2D eigenvalue weighted by Crippen LogP contribution is 2.24. The molecule has 0 atom stereocenters. The van der Waals surface area contributed by atoms with Crippen molar-refractivity contribution < 1.29 is 0 Å². The molecule has 1 aliphatic rings. The number of nitrogens with zero attached hydrogens (tertiary/aromatic N) is 2. The Balaban J connectivity index is 0.00000243. The van der Waals surface area contributed by atoms with Gasteiger partial charge in [-0.05, 0) is 55.0 Å². The molecule has 2 heterocycles. The summed E-state index contributed by atoms with van der Waals surface area (Å²) in [5, 5.41) is 10.5. The van der Waals surface area contributed by atoms with Crippen LogP contribution in [0.25, 0.3) is 0 Å². The number of thiophene rings is 1. The number of nitrogens with one attached hydrogen (secondary N) is 2. The first-order chi connectivity index (χ1) is 12.2. The number of aliphatic imine (C=N–C) groups is 1. The van der Waals surface area contributed by atoms with Gasteiger partial charge < -0.3 is 15.5 Å². The monoisotopic (exact) mass is 548 g/mol. The number of hydrogen-bond donors (Lipinski definition) is 2. The van der Waals surface area contributed by atoms with E-state index in [1.807, 2.05) is 11.3 Å². The van der Waals surface area contributed by atoms with Gasteiger partial charge in [-0.1, -0.05) is 28.1 Å². The maximum atomic E-state index is 4.74. The molecule has 4 nitrogen and oxygen atoms in total. The van der Waals surface area contributed by atoms with E-state index in [0.717, 1.165) is 42.9 Å². The van der Waals surface area contributed by atoms with Crippen molar-refractivity contribution in [3.8, 4) is 0 Å². The molecule has 3 rings (SSSR count). The fourth-order valence-electron chi connectivity index (χ4n) is 2.97. The molecule has 26 heavy (non-hydrogen) atoms. The number of rotatable bonds is 5. The topological polar surface area (TPSA) is 39.7 Å². The third kappa shape index (κ3) is 6.42. The van der Waals surface area contributed by atoms with E-state index in [1.54, 1.807) is 0 Å². The minimum absolute atomic E-state index is 0. The Kier molecular flexibility index (Phi) is 9.21. The summed E-state index contributed by atoms with van der Waals surface area (Å²) >= 11 is 5.30. The molecule has 0 spiro atoms. The molecule has 1 aromatic carbocycles. The molecule has 1 aromatic heterocycles. The maximum Gasteiger partial charge on any atom is 0.191 e. The van der Waals surface area contributed by atoms with Crippen LogP contribution >= 0.6 is 51.2 Å². The molecule has 0 bridgehead atoms. The van der Waals surface area contributed by atoms with Crippen LogP contribution in [0.4, 0.5) is 5.00 Å². The number of halogens is 2. The summed E-state index contributed by atoms with van der Waals surface area (Å²) in [5.41, 5.74) is 1.22. The molecule has 1 fully saturated rings. The summed E-state index contributed by atoms with van der Waals surface area (Å²) in [5.74, 6) is 0.917. The van der Waals surface area contributed by atoms with Crippen LogP contribution in [0, 0.1) is 0 Å². The Morgan fingerprint density at radius 3 is 2.58 bits per heavy atom. The lowest BCUT2D eigenvalue weighted by Gasteiger charge is -2.33. The lowest BCUT2D eigenvalue weighted by Crippen LogP contribution is -2.48. The van der Waals surface area contributed by atoms with Crippen molar-refractivity contribution in [1.29, 1.82) is 0 Å². The minimum Gasteiger partial charge on any atom is -0.363 e. The lowest BCUT2D eigenvalue weighted by atomic mass is 10.1. The summed E-state index contributed by atoms with van der Waals surface area (Å²) in [4.78, 5) is 7.22. The van der Waals surface area contributed by atoms with Gasteiger partial charge in [0.2, 0.25) is 0 Å². The van der Waals surface area contributed by atoms with Crippen LogP contribution in [0.15, 0.2) is 51.2 Å². The predicted octanol–water partition coefficient (Wildman–Crippen LogP) is 4.85. The quantitative estimate of drug-likeness (QED) is 0.319. The summed E-state index contributed by atoms with van der Waals surface area (Å²) in [6.07, 6.45) is 2.28. The molecule has 7 heteroatoms. The first kappa shape index (κ1) is 21.5. The number of guanidine groups is 1. The van der Waals surface area contributed by atoms with Gasteiger partial charge >= 0.3 is 0 Å². The van der Waals surface area contributed by atoms with Crippen molar-refractivity contribution in [3.63, 3.8) is 0 Å². The SMILES string of the molecule is CCNC(=NCc1ccc(Br)cc1)NC1CCN(c2cccs2)CC1.I. The molecule has 0 radical (unpaired) electrons. The average Bonchev–Trinajstić information content (AvgIpc) is 3.16. The highest BCUT2D eigenvalue weighted by atomic mass is 127. The van der Waals surface area contributed by atoms with Gasteiger partial charge in [-0.15, -0.1) is 35.3 Å². The van der Waals surface area contributed by atoms with Crippen LogP contribution in [0.5, 0.6) is 0 Å². The number of anilines is 1. The Hall–Kier alpha value is -0.800. The molecule has 0 aliphatic carbocycles. The van der Waals surface area contributed by atoms with Gasteiger partial charge in [-0.25, -0.2) is 4.99 Å². The summed E-state index contributed by atoms with van der Waals surface area (Å²) in [6.45, 7) is 5.88. The number of hydrogen-bond acceptors (Lipinski definition) is 3. The van der Waals surface area contributed by atoms with E-state index in [4.69, 9.17) is 4.99 Å². The predicted molar refractivity (Wildman–Crippen MR) is 127 cm³/mol. The molecular formula is C19H26BrIN4S. The van der Waals surface area contributed by atoms with Crippen LogP contribution in [-0.4, -0.2) is 31.6 Å². The molecule has 0 saturated carbocycles.